The minimum absolute atomic E-state index is 0.0152. The number of piperazine rings is 1. The molecule has 1 fully saturated rings. The van der Waals surface area contributed by atoms with E-state index in [2.05, 4.69) is 58.1 Å². The van der Waals surface area contributed by atoms with Gasteiger partial charge in [-0.15, -0.1) is 0 Å². The minimum atomic E-state index is -0.241. The van der Waals surface area contributed by atoms with Gasteiger partial charge in [0.2, 0.25) is 0 Å². The molecule has 1 heterocycles. The Labute approximate surface area is 231 Å². The molecule has 0 saturated carbocycles. The van der Waals surface area contributed by atoms with Crippen LogP contribution in [-0.4, -0.2) is 65.7 Å². The smallest absolute Gasteiger partial charge is 0.254 e. The van der Waals surface area contributed by atoms with Crippen LogP contribution in [0.1, 0.15) is 68.6 Å². The molecule has 1 aliphatic rings. The van der Waals surface area contributed by atoms with E-state index in [1.165, 1.54) is 6.21 Å². The van der Waals surface area contributed by atoms with E-state index >= 15 is 0 Å². The number of hydrogen-bond acceptors (Lipinski definition) is 5. The second-order valence-corrected chi connectivity index (χ2v) is 12.4. The average Bonchev–Trinajstić information content (AvgIpc) is 2.88. The second-order valence-electron chi connectivity index (χ2n) is 12.4. The molecule has 0 unspecified atom stereocenters. The third kappa shape index (κ3) is 6.84. The Hall–Kier alpha value is -3.71. The molecule has 1 aliphatic heterocycles. The van der Waals surface area contributed by atoms with Crippen molar-refractivity contribution in [2.75, 3.05) is 32.7 Å². The number of benzene rings is 3. The summed E-state index contributed by atoms with van der Waals surface area (Å²) in [5, 5.41) is 17.2. The van der Waals surface area contributed by atoms with Crippen molar-refractivity contribution in [3.63, 3.8) is 0 Å². The lowest BCUT2D eigenvalue weighted by molar-refractivity contribution is -0.122. The van der Waals surface area contributed by atoms with Crippen molar-refractivity contribution in [1.82, 2.24) is 15.2 Å². The van der Waals surface area contributed by atoms with E-state index in [9.17, 15) is 14.7 Å². The fourth-order valence-corrected chi connectivity index (χ4v) is 4.79. The van der Waals surface area contributed by atoms with Crippen LogP contribution in [0.5, 0.6) is 5.75 Å². The highest BCUT2D eigenvalue weighted by Crippen LogP contribution is 2.37. The van der Waals surface area contributed by atoms with Gasteiger partial charge in [-0.3, -0.25) is 14.5 Å². The van der Waals surface area contributed by atoms with Gasteiger partial charge in [0.1, 0.15) is 5.75 Å². The number of nitrogens with one attached hydrogen (secondary N) is 1. The van der Waals surface area contributed by atoms with Crippen molar-refractivity contribution in [3.8, 4) is 5.75 Å². The molecule has 0 bridgehead atoms. The molecule has 39 heavy (non-hydrogen) atoms. The van der Waals surface area contributed by atoms with Gasteiger partial charge in [-0.1, -0.05) is 77.9 Å². The zero-order chi connectivity index (χ0) is 28.4. The summed E-state index contributed by atoms with van der Waals surface area (Å²) in [5.74, 6) is -0.0369. The molecule has 0 radical (unpaired) electrons. The number of hydrazone groups is 1. The van der Waals surface area contributed by atoms with Crippen LogP contribution in [0.25, 0.3) is 10.8 Å². The first-order valence-corrected chi connectivity index (χ1v) is 13.5. The van der Waals surface area contributed by atoms with Crippen molar-refractivity contribution in [2.45, 2.75) is 52.4 Å². The first-order chi connectivity index (χ1) is 18.3. The third-order valence-corrected chi connectivity index (χ3v) is 7.23. The summed E-state index contributed by atoms with van der Waals surface area (Å²) in [4.78, 5) is 29.5. The zero-order valence-corrected chi connectivity index (χ0v) is 23.9. The van der Waals surface area contributed by atoms with Crippen LogP contribution in [0, 0.1) is 0 Å². The first kappa shape index (κ1) is 28.3. The molecule has 206 valence electrons. The number of fused-ring (bicyclic) bond motifs is 1. The summed E-state index contributed by atoms with van der Waals surface area (Å²) in [7, 11) is 0. The number of carbonyl (C=O) groups is 2. The number of nitrogens with zero attached hydrogens (tertiary/aromatic N) is 3. The molecule has 0 aromatic heterocycles. The lowest BCUT2D eigenvalue weighted by Gasteiger charge is -2.34. The number of amides is 2. The third-order valence-electron chi connectivity index (χ3n) is 7.23. The maximum atomic E-state index is 13.0. The van der Waals surface area contributed by atoms with E-state index < -0.39 is 0 Å². The quantitative estimate of drug-likeness (QED) is 0.359. The molecular weight excluding hydrogens is 488 g/mol. The fraction of sp³-hybridized carbons (Fsp3) is 0.406. The molecule has 2 N–H and O–H groups in total. The van der Waals surface area contributed by atoms with E-state index in [0.29, 0.717) is 37.3 Å². The number of aromatic hydroxyl groups is 1. The van der Waals surface area contributed by atoms with Gasteiger partial charge in [-0.2, -0.15) is 5.10 Å². The van der Waals surface area contributed by atoms with Gasteiger partial charge in [0.25, 0.3) is 11.8 Å². The van der Waals surface area contributed by atoms with Gasteiger partial charge in [0.05, 0.1) is 12.8 Å². The second kappa shape index (κ2) is 11.2. The van der Waals surface area contributed by atoms with Crippen molar-refractivity contribution < 1.29 is 14.7 Å². The largest absolute Gasteiger partial charge is 0.507 e. The van der Waals surface area contributed by atoms with Crippen molar-refractivity contribution in [2.24, 2.45) is 5.10 Å². The predicted molar refractivity (Wildman–Crippen MR) is 158 cm³/mol. The lowest BCUT2D eigenvalue weighted by atomic mass is 9.79. The highest BCUT2D eigenvalue weighted by molar-refractivity contribution is 5.98. The van der Waals surface area contributed by atoms with Gasteiger partial charge < -0.3 is 10.0 Å². The molecule has 2 amide bonds. The standard InChI is InChI=1S/C32H40N4O3/c1-31(2,3)26-18-25(29(38)27(19-26)32(4,5)6)20-33-34-28(37)21-35-13-15-36(16-14-35)30(39)24-12-11-22-9-7-8-10-23(22)17-24/h7-12,17-20,38H,13-16,21H2,1-6H3,(H,34,37)/b33-20+. The molecular formula is C32H40N4O3. The summed E-state index contributed by atoms with van der Waals surface area (Å²) < 4.78 is 0. The summed E-state index contributed by atoms with van der Waals surface area (Å²) >= 11 is 0. The molecule has 7 nitrogen and oxygen atoms in total. The predicted octanol–water partition coefficient (Wildman–Crippen LogP) is 5.05. The Morgan fingerprint density at radius 2 is 1.56 bits per heavy atom. The molecule has 7 heteroatoms. The number of phenolic OH excluding ortho intramolecular Hbond substituents is 1. The zero-order valence-electron chi connectivity index (χ0n) is 23.9. The number of hydrogen-bond donors (Lipinski definition) is 2. The summed E-state index contributed by atoms with van der Waals surface area (Å²) in [5.41, 5.74) is 5.45. The van der Waals surface area contributed by atoms with Gasteiger partial charge in [0.15, 0.2) is 0 Å². The molecule has 4 rings (SSSR count). The average molecular weight is 529 g/mol. The van der Waals surface area contributed by atoms with Crippen LogP contribution >= 0.6 is 0 Å². The molecule has 3 aromatic carbocycles. The van der Waals surface area contributed by atoms with Gasteiger partial charge >= 0.3 is 0 Å². The van der Waals surface area contributed by atoms with Crippen LogP contribution < -0.4 is 5.43 Å². The molecule has 0 atom stereocenters. The van der Waals surface area contributed by atoms with Crippen LogP contribution in [0.2, 0.25) is 0 Å². The van der Waals surface area contributed by atoms with E-state index in [4.69, 9.17) is 0 Å². The lowest BCUT2D eigenvalue weighted by Crippen LogP contribution is -2.50. The van der Waals surface area contributed by atoms with E-state index in [1.807, 2.05) is 58.3 Å². The number of phenols is 1. The topological polar surface area (TPSA) is 85.2 Å². The minimum Gasteiger partial charge on any atom is -0.507 e. The molecule has 0 aliphatic carbocycles. The summed E-state index contributed by atoms with van der Waals surface area (Å²) in [6, 6.07) is 17.8. The Morgan fingerprint density at radius 3 is 2.21 bits per heavy atom. The summed E-state index contributed by atoms with van der Waals surface area (Å²) in [6.45, 7) is 15.1. The van der Waals surface area contributed by atoms with Crippen LogP contribution in [0.4, 0.5) is 0 Å². The summed E-state index contributed by atoms with van der Waals surface area (Å²) in [6.07, 6.45) is 1.51. The Morgan fingerprint density at radius 1 is 0.897 bits per heavy atom. The van der Waals surface area contributed by atoms with Crippen LogP contribution in [0.3, 0.4) is 0 Å². The van der Waals surface area contributed by atoms with Gasteiger partial charge in [-0.05, 0) is 45.4 Å². The number of rotatable bonds is 5. The maximum absolute atomic E-state index is 13.0. The van der Waals surface area contributed by atoms with E-state index in [1.54, 1.807) is 0 Å². The molecule has 3 aromatic rings. The Balaban J connectivity index is 1.33. The van der Waals surface area contributed by atoms with Crippen molar-refractivity contribution in [3.05, 3.63) is 76.9 Å². The fourth-order valence-electron chi connectivity index (χ4n) is 4.79. The van der Waals surface area contributed by atoms with Gasteiger partial charge in [-0.25, -0.2) is 5.43 Å². The van der Waals surface area contributed by atoms with Crippen LogP contribution in [-0.2, 0) is 15.6 Å². The normalized spacial score (nSPS) is 15.2. The van der Waals surface area contributed by atoms with Crippen LogP contribution in [0.15, 0.2) is 59.7 Å². The Kier molecular flexibility index (Phi) is 8.12. The SMILES string of the molecule is CC(C)(C)c1cc(/C=N/NC(=O)CN2CCN(C(=O)c3ccc4ccccc4c3)CC2)c(O)c(C(C)(C)C)c1. The highest BCUT2D eigenvalue weighted by Gasteiger charge is 2.25. The molecule has 1 saturated heterocycles. The Bertz CT molecular complexity index is 1390. The first-order valence-electron chi connectivity index (χ1n) is 13.5. The number of carbonyl (C=O) groups excluding carboxylic acids is 2. The van der Waals surface area contributed by atoms with E-state index in [0.717, 1.165) is 21.9 Å². The van der Waals surface area contributed by atoms with E-state index in [-0.39, 0.29) is 34.9 Å². The van der Waals surface area contributed by atoms with Crippen molar-refractivity contribution >= 4 is 28.8 Å². The maximum Gasteiger partial charge on any atom is 0.254 e. The van der Waals surface area contributed by atoms with Crippen molar-refractivity contribution in [1.29, 1.82) is 0 Å². The highest BCUT2D eigenvalue weighted by atomic mass is 16.3. The monoisotopic (exact) mass is 528 g/mol. The van der Waals surface area contributed by atoms with Gasteiger partial charge in [0, 0.05) is 42.9 Å². The molecule has 0 spiro atoms.